The lowest BCUT2D eigenvalue weighted by Crippen LogP contribution is -2.41. The first-order valence-corrected chi connectivity index (χ1v) is 8.03. The molecule has 0 radical (unpaired) electrons. The van der Waals surface area contributed by atoms with Crippen molar-refractivity contribution >= 4 is 11.9 Å². The quantitative estimate of drug-likeness (QED) is 0.934. The molecule has 1 aliphatic heterocycles. The van der Waals surface area contributed by atoms with Crippen molar-refractivity contribution in [1.82, 2.24) is 9.88 Å². The van der Waals surface area contributed by atoms with Crippen molar-refractivity contribution in [3.63, 3.8) is 0 Å². The highest BCUT2D eigenvalue weighted by Crippen LogP contribution is 2.35. The Kier molecular flexibility index (Phi) is 4.38. The molecule has 126 valence electrons. The van der Waals surface area contributed by atoms with Crippen LogP contribution < -0.4 is 0 Å². The molecule has 2 aromatic rings. The van der Waals surface area contributed by atoms with Crippen LogP contribution in [0.15, 0.2) is 34.7 Å². The summed E-state index contributed by atoms with van der Waals surface area (Å²) in [5.41, 5.74) is 0.0225. The van der Waals surface area contributed by atoms with Crippen LogP contribution >= 0.6 is 0 Å². The van der Waals surface area contributed by atoms with Crippen LogP contribution in [0.3, 0.4) is 0 Å². The molecule has 2 atom stereocenters. The van der Waals surface area contributed by atoms with Gasteiger partial charge in [-0.05, 0) is 49.9 Å². The zero-order valence-electron chi connectivity index (χ0n) is 13.7. The molecule has 1 saturated heterocycles. The fourth-order valence-electron chi connectivity index (χ4n) is 3.11. The molecule has 1 amide bonds. The number of amides is 1. The molecule has 6 nitrogen and oxygen atoms in total. The number of aromatic nitrogens is 1. The zero-order chi connectivity index (χ0) is 17.3. The molecule has 0 saturated carbocycles. The number of hydrogen-bond donors (Lipinski definition) is 1. The molecule has 0 spiro atoms. The van der Waals surface area contributed by atoms with Gasteiger partial charge in [-0.3, -0.25) is 4.79 Å². The first-order valence-electron chi connectivity index (χ1n) is 8.03. The summed E-state index contributed by atoms with van der Waals surface area (Å²) < 4.78 is 5.74. The molecule has 2 unspecified atom stereocenters. The van der Waals surface area contributed by atoms with E-state index in [1.54, 1.807) is 17.0 Å². The number of carbonyl (C=O) groups is 2. The summed E-state index contributed by atoms with van der Waals surface area (Å²) in [6.45, 7) is 4.64. The van der Waals surface area contributed by atoms with Gasteiger partial charge in [0.05, 0.1) is 6.04 Å². The number of pyridine rings is 1. The number of aromatic carboxylic acids is 1. The lowest BCUT2D eigenvalue weighted by molar-refractivity contribution is 0.0513. The van der Waals surface area contributed by atoms with Crippen molar-refractivity contribution < 1.29 is 19.1 Å². The molecular weight excluding hydrogens is 308 g/mol. The maximum absolute atomic E-state index is 12.9. The molecule has 0 bridgehead atoms. The van der Waals surface area contributed by atoms with Crippen molar-refractivity contribution in [2.45, 2.75) is 32.7 Å². The number of carboxylic acid groups (broad SMARTS) is 1. The monoisotopic (exact) mass is 328 g/mol. The third-order valence-corrected chi connectivity index (χ3v) is 4.40. The number of hydrogen-bond acceptors (Lipinski definition) is 4. The highest BCUT2D eigenvalue weighted by Gasteiger charge is 2.34. The number of rotatable bonds is 3. The van der Waals surface area contributed by atoms with Gasteiger partial charge >= 0.3 is 5.97 Å². The topological polar surface area (TPSA) is 83.6 Å². The van der Waals surface area contributed by atoms with Crippen molar-refractivity contribution in [1.29, 1.82) is 0 Å². The van der Waals surface area contributed by atoms with E-state index in [4.69, 9.17) is 9.52 Å². The summed E-state index contributed by atoms with van der Waals surface area (Å²) in [7, 11) is 0. The van der Waals surface area contributed by atoms with Gasteiger partial charge in [0.1, 0.15) is 22.9 Å². The maximum Gasteiger partial charge on any atom is 0.354 e. The van der Waals surface area contributed by atoms with E-state index in [1.807, 2.05) is 19.1 Å². The molecule has 1 fully saturated rings. The Balaban J connectivity index is 1.91. The maximum atomic E-state index is 12.9. The third-order valence-electron chi connectivity index (χ3n) is 4.40. The van der Waals surface area contributed by atoms with Crippen LogP contribution in [-0.4, -0.2) is 33.4 Å². The van der Waals surface area contributed by atoms with Gasteiger partial charge in [-0.2, -0.15) is 0 Å². The predicted molar refractivity (Wildman–Crippen MR) is 86.8 cm³/mol. The van der Waals surface area contributed by atoms with Gasteiger partial charge < -0.3 is 14.4 Å². The number of aryl methyl sites for hydroxylation is 1. The molecule has 0 aliphatic carbocycles. The number of piperidine rings is 1. The zero-order valence-corrected chi connectivity index (χ0v) is 13.7. The molecule has 6 heteroatoms. The Morgan fingerprint density at radius 1 is 1.25 bits per heavy atom. The summed E-state index contributed by atoms with van der Waals surface area (Å²) in [5, 5.41) is 9.07. The van der Waals surface area contributed by atoms with Gasteiger partial charge in [-0.1, -0.05) is 13.0 Å². The fourth-order valence-corrected chi connectivity index (χ4v) is 3.11. The van der Waals surface area contributed by atoms with Crippen LogP contribution in [0.1, 0.15) is 58.3 Å². The van der Waals surface area contributed by atoms with Crippen LogP contribution in [0, 0.1) is 12.8 Å². The molecule has 3 rings (SSSR count). The first-order chi connectivity index (χ1) is 11.5. The average Bonchev–Trinajstić information content (AvgIpc) is 3.00. The third kappa shape index (κ3) is 3.18. The molecule has 0 aromatic carbocycles. The molecule has 24 heavy (non-hydrogen) atoms. The lowest BCUT2D eigenvalue weighted by Gasteiger charge is -2.37. The largest absolute Gasteiger partial charge is 0.477 e. The van der Waals surface area contributed by atoms with Gasteiger partial charge in [0, 0.05) is 6.54 Å². The van der Waals surface area contributed by atoms with Gasteiger partial charge in [0.2, 0.25) is 0 Å². The Hall–Kier alpha value is -2.63. The minimum atomic E-state index is -1.14. The lowest BCUT2D eigenvalue weighted by atomic mass is 9.91. The van der Waals surface area contributed by atoms with Gasteiger partial charge in [0.25, 0.3) is 5.91 Å². The molecular formula is C18H20N2O4. The summed E-state index contributed by atoms with van der Waals surface area (Å²) in [5.74, 6) is 0.658. The van der Waals surface area contributed by atoms with E-state index in [2.05, 4.69) is 11.9 Å². The highest BCUT2D eigenvalue weighted by atomic mass is 16.4. The van der Waals surface area contributed by atoms with E-state index in [0.717, 1.165) is 24.4 Å². The summed E-state index contributed by atoms with van der Waals surface area (Å²) >= 11 is 0. The van der Waals surface area contributed by atoms with Gasteiger partial charge in [-0.25, -0.2) is 9.78 Å². The van der Waals surface area contributed by atoms with Crippen molar-refractivity contribution in [3.8, 4) is 0 Å². The van der Waals surface area contributed by atoms with Crippen molar-refractivity contribution in [2.24, 2.45) is 5.92 Å². The van der Waals surface area contributed by atoms with Crippen LogP contribution in [0.25, 0.3) is 0 Å². The number of likely N-dealkylation sites (tertiary alicyclic amines) is 1. The van der Waals surface area contributed by atoms with Crippen molar-refractivity contribution in [2.75, 3.05) is 6.54 Å². The van der Waals surface area contributed by atoms with Crippen LogP contribution in [-0.2, 0) is 0 Å². The highest BCUT2D eigenvalue weighted by molar-refractivity contribution is 5.94. The normalized spacial score (nSPS) is 20.8. The summed E-state index contributed by atoms with van der Waals surface area (Å²) in [6.07, 6.45) is 1.72. The first kappa shape index (κ1) is 16.2. The smallest absolute Gasteiger partial charge is 0.354 e. The van der Waals surface area contributed by atoms with Crippen LogP contribution in [0.2, 0.25) is 0 Å². The molecule has 2 aromatic heterocycles. The fraction of sp³-hybridized carbons (Fsp3) is 0.389. The summed E-state index contributed by atoms with van der Waals surface area (Å²) in [4.78, 5) is 29.7. The van der Waals surface area contributed by atoms with E-state index in [9.17, 15) is 9.59 Å². The number of carboxylic acids is 1. The second kappa shape index (κ2) is 6.47. The Morgan fingerprint density at radius 2 is 2.00 bits per heavy atom. The Bertz CT molecular complexity index is 768. The Labute approximate surface area is 140 Å². The molecule has 1 N–H and O–H groups in total. The molecule has 3 heterocycles. The van der Waals surface area contributed by atoms with E-state index in [0.29, 0.717) is 12.5 Å². The number of nitrogens with zero attached hydrogens (tertiary/aromatic N) is 2. The van der Waals surface area contributed by atoms with Gasteiger partial charge in [0.15, 0.2) is 0 Å². The number of furan rings is 1. The van der Waals surface area contributed by atoms with Gasteiger partial charge in [-0.15, -0.1) is 0 Å². The molecule has 1 aliphatic rings. The van der Waals surface area contributed by atoms with Crippen LogP contribution in [0.4, 0.5) is 0 Å². The second-order valence-corrected chi connectivity index (χ2v) is 6.31. The van der Waals surface area contributed by atoms with Crippen molar-refractivity contribution in [3.05, 3.63) is 53.2 Å². The Morgan fingerprint density at radius 3 is 2.67 bits per heavy atom. The second-order valence-electron chi connectivity index (χ2n) is 6.31. The predicted octanol–water partition coefficient (Wildman–Crippen LogP) is 3.29. The van der Waals surface area contributed by atoms with Crippen LogP contribution in [0.5, 0.6) is 0 Å². The minimum Gasteiger partial charge on any atom is -0.477 e. The number of carbonyl (C=O) groups excluding carboxylic acids is 1. The average molecular weight is 328 g/mol. The standard InChI is InChI=1S/C18H20N2O4/c1-11-8-9-20(15(10-11)16-7-6-12(2)24-16)17(21)13-4-3-5-14(19-13)18(22)23/h3-7,11,15H,8-10H2,1-2H3,(H,22,23). The van der Waals surface area contributed by atoms with E-state index < -0.39 is 5.97 Å². The summed E-state index contributed by atoms with van der Waals surface area (Å²) in [6, 6.07) is 8.12. The van der Waals surface area contributed by atoms with E-state index >= 15 is 0 Å². The minimum absolute atomic E-state index is 0.128. The van der Waals surface area contributed by atoms with E-state index in [1.165, 1.54) is 6.07 Å². The van der Waals surface area contributed by atoms with E-state index in [-0.39, 0.29) is 23.3 Å². The SMILES string of the molecule is Cc1ccc(C2CC(C)CCN2C(=O)c2cccc(C(=O)O)n2)o1.